The van der Waals surface area contributed by atoms with Gasteiger partial charge in [0, 0.05) is 10.0 Å². The lowest BCUT2D eigenvalue weighted by molar-refractivity contribution is 1.30. The topological polar surface area (TPSA) is 41.6 Å². The lowest BCUT2D eigenvalue weighted by atomic mass is 10.2. The predicted octanol–water partition coefficient (Wildman–Crippen LogP) is 4.04. The molecule has 1 N–H and O–H groups in total. The highest BCUT2D eigenvalue weighted by atomic mass is 79.9. The van der Waals surface area contributed by atoms with E-state index in [0.29, 0.717) is 10.8 Å². The molecule has 5 heteroatoms. The number of halogens is 2. The number of aromatic amines is 1. The molecule has 3 aromatic rings. The number of rotatable bonds is 1. The molecule has 1 aromatic carbocycles. The van der Waals surface area contributed by atoms with Gasteiger partial charge in [-0.25, -0.2) is 9.97 Å². The van der Waals surface area contributed by atoms with Gasteiger partial charge >= 0.3 is 0 Å². The number of fused-ring (bicyclic) bond motifs is 1. The van der Waals surface area contributed by atoms with E-state index in [4.69, 9.17) is 11.6 Å². The Bertz CT molecular complexity index is 676. The fourth-order valence-electron chi connectivity index (χ4n) is 1.61. The molecule has 0 amide bonds. The Morgan fingerprint density at radius 1 is 1.00 bits per heavy atom. The molecule has 0 fully saturated rings. The average Bonchev–Trinajstić information content (AvgIpc) is 2.72. The summed E-state index contributed by atoms with van der Waals surface area (Å²) in [6.45, 7) is 0. The monoisotopic (exact) mass is 307 g/mol. The van der Waals surface area contributed by atoms with E-state index in [1.54, 1.807) is 6.07 Å². The van der Waals surface area contributed by atoms with Gasteiger partial charge in [0.25, 0.3) is 0 Å². The van der Waals surface area contributed by atoms with E-state index in [1.165, 1.54) is 0 Å². The summed E-state index contributed by atoms with van der Waals surface area (Å²) in [6, 6.07) is 11.5. The Morgan fingerprint density at radius 2 is 1.76 bits per heavy atom. The number of imidazole rings is 1. The fourth-order valence-corrected chi connectivity index (χ4v) is 2.02. The molecule has 0 aliphatic rings. The van der Waals surface area contributed by atoms with Crippen molar-refractivity contribution >= 4 is 38.7 Å². The number of nitrogens with zero attached hydrogens (tertiary/aromatic N) is 2. The Hall–Kier alpha value is -1.39. The van der Waals surface area contributed by atoms with Crippen molar-refractivity contribution in [2.24, 2.45) is 0 Å². The van der Waals surface area contributed by atoms with Crippen molar-refractivity contribution in [2.45, 2.75) is 0 Å². The van der Waals surface area contributed by atoms with E-state index in [0.717, 1.165) is 21.4 Å². The maximum atomic E-state index is 5.82. The van der Waals surface area contributed by atoms with Crippen LogP contribution >= 0.6 is 27.5 Å². The Labute approximate surface area is 111 Å². The van der Waals surface area contributed by atoms with Crippen LogP contribution in [0.15, 0.2) is 40.9 Å². The van der Waals surface area contributed by atoms with Crippen molar-refractivity contribution in [2.75, 3.05) is 0 Å². The maximum absolute atomic E-state index is 5.82. The first-order valence-corrected chi connectivity index (χ1v) is 6.18. The lowest BCUT2D eigenvalue weighted by Gasteiger charge is -1.95. The van der Waals surface area contributed by atoms with Gasteiger partial charge in [-0.3, -0.25) is 0 Å². The Kier molecular flexibility index (Phi) is 2.61. The van der Waals surface area contributed by atoms with Crippen LogP contribution in [-0.2, 0) is 0 Å². The van der Waals surface area contributed by atoms with Crippen LogP contribution in [0.1, 0.15) is 0 Å². The summed E-state index contributed by atoms with van der Waals surface area (Å²) in [5.41, 5.74) is 2.53. The highest BCUT2D eigenvalue weighted by Crippen LogP contribution is 2.22. The first kappa shape index (κ1) is 10.7. The number of hydrogen-bond acceptors (Lipinski definition) is 2. The molecule has 0 saturated carbocycles. The van der Waals surface area contributed by atoms with Crippen molar-refractivity contribution in [3.05, 3.63) is 46.0 Å². The number of aromatic nitrogens is 3. The average molecular weight is 309 g/mol. The molecule has 0 atom stereocenters. The van der Waals surface area contributed by atoms with E-state index in [1.807, 2.05) is 30.3 Å². The Morgan fingerprint density at radius 3 is 2.53 bits per heavy atom. The molecule has 0 bridgehead atoms. The molecular weight excluding hydrogens is 302 g/mol. The molecule has 0 saturated heterocycles. The molecular formula is C12H7BrClN3. The molecule has 2 aromatic heterocycles. The minimum absolute atomic E-state index is 0.450. The van der Waals surface area contributed by atoms with Gasteiger partial charge in [0.2, 0.25) is 0 Å². The first-order chi connectivity index (χ1) is 8.22. The first-order valence-electron chi connectivity index (χ1n) is 5.00. The second-order valence-electron chi connectivity index (χ2n) is 3.60. The van der Waals surface area contributed by atoms with Gasteiger partial charge in [-0.05, 0) is 24.3 Å². The molecule has 0 radical (unpaired) electrons. The van der Waals surface area contributed by atoms with E-state index < -0.39 is 0 Å². The largest absolute Gasteiger partial charge is 0.337 e. The molecule has 2 heterocycles. The third-order valence-corrected chi connectivity index (χ3v) is 3.17. The SMILES string of the molecule is Clc1ccc2[nH]c(-c3ccc(Br)cc3)nc2n1. The van der Waals surface area contributed by atoms with Crippen LogP contribution in [0, 0.1) is 0 Å². The Balaban J connectivity index is 2.14. The molecule has 3 nitrogen and oxygen atoms in total. The molecule has 3 rings (SSSR count). The van der Waals surface area contributed by atoms with Crippen LogP contribution < -0.4 is 0 Å². The summed E-state index contributed by atoms with van der Waals surface area (Å²) in [4.78, 5) is 11.8. The molecule has 0 unspecified atom stereocenters. The third-order valence-electron chi connectivity index (χ3n) is 2.43. The molecule has 0 spiro atoms. The summed E-state index contributed by atoms with van der Waals surface area (Å²) in [5, 5.41) is 0.450. The number of benzene rings is 1. The minimum atomic E-state index is 0.450. The van der Waals surface area contributed by atoms with Gasteiger partial charge in [-0.1, -0.05) is 39.7 Å². The molecule has 84 valence electrons. The maximum Gasteiger partial charge on any atom is 0.179 e. The van der Waals surface area contributed by atoms with Crippen LogP contribution in [-0.4, -0.2) is 15.0 Å². The van der Waals surface area contributed by atoms with Crippen LogP contribution in [0.25, 0.3) is 22.6 Å². The van der Waals surface area contributed by atoms with Gasteiger partial charge in [0.15, 0.2) is 5.65 Å². The van der Waals surface area contributed by atoms with Crippen molar-refractivity contribution in [3.63, 3.8) is 0 Å². The third kappa shape index (κ3) is 2.06. The van der Waals surface area contributed by atoms with Crippen LogP contribution in [0.5, 0.6) is 0 Å². The van der Waals surface area contributed by atoms with Gasteiger partial charge in [-0.2, -0.15) is 0 Å². The van der Waals surface area contributed by atoms with E-state index in [9.17, 15) is 0 Å². The predicted molar refractivity (Wildman–Crippen MR) is 72.0 cm³/mol. The van der Waals surface area contributed by atoms with Crippen molar-refractivity contribution in [3.8, 4) is 11.4 Å². The molecule has 17 heavy (non-hydrogen) atoms. The van der Waals surface area contributed by atoms with Gasteiger partial charge in [0.05, 0.1) is 5.52 Å². The summed E-state index contributed by atoms with van der Waals surface area (Å²) in [6.07, 6.45) is 0. The smallest absolute Gasteiger partial charge is 0.179 e. The quantitative estimate of drug-likeness (QED) is 0.689. The van der Waals surface area contributed by atoms with Gasteiger partial charge in [0.1, 0.15) is 11.0 Å². The second-order valence-corrected chi connectivity index (χ2v) is 4.90. The van der Waals surface area contributed by atoms with E-state index >= 15 is 0 Å². The zero-order valence-corrected chi connectivity index (χ0v) is 11.0. The van der Waals surface area contributed by atoms with Crippen LogP contribution in [0.4, 0.5) is 0 Å². The summed E-state index contributed by atoms with van der Waals surface area (Å²) in [5.74, 6) is 0.794. The van der Waals surface area contributed by atoms with Crippen LogP contribution in [0.2, 0.25) is 5.15 Å². The molecule has 0 aliphatic carbocycles. The minimum Gasteiger partial charge on any atom is -0.337 e. The van der Waals surface area contributed by atoms with Gasteiger partial charge < -0.3 is 4.98 Å². The second kappa shape index (κ2) is 4.13. The van der Waals surface area contributed by atoms with Gasteiger partial charge in [-0.15, -0.1) is 0 Å². The zero-order chi connectivity index (χ0) is 11.8. The fraction of sp³-hybridized carbons (Fsp3) is 0. The number of nitrogens with one attached hydrogen (secondary N) is 1. The highest BCUT2D eigenvalue weighted by molar-refractivity contribution is 9.10. The van der Waals surface area contributed by atoms with Crippen LogP contribution in [0.3, 0.4) is 0 Å². The normalized spacial score (nSPS) is 10.9. The zero-order valence-electron chi connectivity index (χ0n) is 8.61. The van der Waals surface area contributed by atoms with Crippen molar-refractivity contribution in [1.29, 1.82) is 0 Å². The molecule has 0 aliphatic heterocycles. The number of pyridine rings is 1. The standard InChI is InChI=1S/C12H7BrClN3/c13-8-3-1-7(2-4-8)11-15-9-5-6-10(14)16-12(9)17-11/h1-6H,(H,15,16,17). The summed E-state index contributed by atoms with van der Waals surface area (Å²) in [7, 11) is 0. The lowest BCUT2D eigenvalue weighted by Crippen LogP contribution is -1.79. The number of hydrogen-bond donors (Lipinski definition) is 1. The van der Waals surface area contributed by atoms with Crippen molar-refractivity contribution < 1.29 is 0 Å². The number of H-pyrrole nitrogens is 1. The summed E-state index contributed by atoms with van der Waals surface area (Å²) >= 11 is 9.23. The highest BCUT2D eigenvalue weighted by Gasteiger charge is 2.06. The van der Waals surface area contributed by atoms with Crippen molar-refractivity contribution in [1.82, 2.24) is 15.0 Å². The summed E-state index contributed by atoms with van der Waals surface area (Å²) < 4.78 is 1.04. The van der Waals surface area contributed by atoms with E-state index in [2.05, 4.69) is 30.9 Å². The van der Waals surface area contributed by atoms with E-state index in [-0.39, 0.29) is 0 Å².